The first-order valence-electron chi connectivity index (χ1n) is 4.66. The maximum absolute atomic E-state index is 8.62. The number of aromatic nitrogens is 3. The Hall–Kier alpha value is -2.15. The summed E-state index contributed by atoms with van der Waals surface area (Å²) in [5.41, 5.74) is 1.10. The van der Waals surface area contributed by atoms with Crippen LogP contribution in [0.15, 0.2) is 36.9 Å². The molecule has 4 heteroatoms. The Labute approximate surface area is 87.8 Å². The van der Waals surface area contributed by atoms with Gasteiger partial charge in [-0.1, -0.05) is 6.07 Å². The van der Waals surface area contributed by atoms with Crippen molar-refractivity contribution in [3.8, 4) is 6.07 Å². The molecule has 0 aromatic carbocycles. The van der Waals surface area contributed by atoms with Gasteiger partial charge in [0.1, 0.15) is 12.4 Å². The Morgan fingerprint density at radius 2 is 2.33 bits per heavy atom. The molecule has 74 valence electrons. The van der Waals surface area contributed by atoms with Crippen molar-refractivity contribution >= 4 is 0 Å². The van der Waals surface area contributed by atoms with Gasteiger partial charge in [-0.25, -0.2) is 4.98 Å². The van der Waals surface area contributed by atoms with Gasteiger partial charge in [-0.3, -0.25) is 4.98 Å². The molecule has 15 heavy (non-hydrogen) atoms. The lowest BCUT2D eigenvalue weighted by Crippen LogP contribution is -2.02. The van der Waals surface area contributed by atoms with Crippen LogP contribution in [-0.4, -0.2) is 14.5 Å². The van der Waals surface area contributed by atoms with E-state index in [0.717, 1.165) is 11.4 Å². The standard InChI is InChI=1S/C11H10N4/c12-3-6-15-7-5-14-11(15)8-10-2-1-4-13-9-10/h1-2,4-5,7,9H,6,8H2. The number of rotatable bonds is 3. The second kappa shape index (κ2) is 4.38. The molecule has 0 unspecified atom stereocenters. The monoisotopic (exact) mass is 198 g/mol. The summed E-state index contributed by atoms with van der Waals surface area (Å²) in [6.45, 7) is 0.343. The van der Waals surface area contributed by atoms with Gasteiger partial charge in [0.05, 0.1) is 6.07 Å². The molecule has 2 aromatic heterocycles. The van der Waals surface area contributed by atoms with Crippen LogP contribution in [0.5, 0.6) is 0 Å². The Balaban J connectivity index is 2.18. The molecule has 0 bridgehead atoms. The van der Waals surface area contributed by atoms with Gasteiger partial charge in [-0.2, -0.15) is 5.26 Å². The van der Waals surface area contributed by atoms with E-state index in [1.165, 1.54) is 0 Å². The molecule has 0 saturated heterocycles. The molecule has 0 atom stereocenters. The second-order valence-corrected chi connectivity index (χ2v) is 3.17. The van der Waals surface area contributed by atoms with Crippen molar-refractivity contribution < 1.29 is 0 Å². The zero-order chi connectivity index (χ0) is 10.5. The summed E-state index contributed by atoms with van der Waals surface area (Å²) in [6, 6.07) is 6.00. The Morgan fingerprint density at radius 1 is 1.40 bits per heavy atom. The van der Waals surface area contributed by atoms with Gasteiger partial charge in [0.2, 0.25) is 0 Å². The first-order chi connectivity index (χ1) is 7.40. The molecular weight excluding hydrogens is 188 g/mol. The summed E-state index contributed by atoms with van der Waals surface area (Å²) >= 11 is 0. The van der Waals surface area contributed by atoms with Crippen LogP contribution in [0.2, 0.25) is 0 Å². The zero-order valence-corrected chi connectivity index (χ0v) is 8.17. The molecule has 0 aliphatic heterocycles. The summed E-state index contributed by atoms with van der Waals surface area (Å²) < 4.78 is 1.84. The predicted octanol–water partition coefficient (Wildman–Crippen LogP) is 1.39. The van der Waals surface area contributed by atoms with Gasteiger partial charge >= 0.3 is 0 Å². The fourth-order valence-corrected chi connectivity index (χ4v) is 1.41. The highest BCUT2D eigenvalue weighted by Gasteiger charge is 2.03. The summed E-state index contributed by atoms with van der Waals surface area (Å²) in [5, 5.41) is 8.62. The summed E-state index contributed by atoms with van der Waals surface area (Å²) in [6.07, 6.45) is 7.79. The molecule has 2 heterocycles. The van der Waals surface area contributed by atoms with Crippen molar-refractivity contribution in [1.82, 2.24) is 14.5 Å². The molecule has 4 nitrogen and oxygen atoms in total. The number of hydrogen-bond donors (Lipinski definition) is 0. The van der Waals surface area contributed by atoms with E-state index >= 15 is 0 Å². The van der Waals surface area contributed by atoms with Crippen LogP contribution in [0.4, 0.5) is 0 Å². The molecule has 0 saturated carbocycles. The van der Waals surface area contributed by atoms with E-state index in [9.17, 15) is 0 Å². The van der Waals surface area contributed by atoms with E-state index < -0.39 is 0 Å². The average molecular weight is 198 g/mol. The van der Waals surface area contributed by atoms with Gasteiger partial charge in [-0.15, -0.1) is 0 Å². The SMILES string of the molecule is N#CCn1ccnc1Cc1cccnc1. The summed E-state index contributed by atoms with van der Waals surface area (Å²) in [5.74, 6) is 0.893. The average Bonchev–Trinajstić information content (AvgIpc) is 2.68. The Kier molecular flexibility index (Phi) is 2.75. The highest BCUT2D eigenvalue weighted by molar-refractivity contribution is 5.15. The quantitative estimate of drug-likeness (QED) is 0.748. The number of hydrogen-bond acceptors (Lipinski definition) is 3. The number of nitrogens with zero attached hydrogens (tertiary/aromatic N) is 4. The molecular formula is C11H10N4. The van der Waals surface area contributed by atoms with Gasteiger partial charge in [0.25, 0.3) is 0 Å². The minimum atomic E-state index is 0.343. The first kappa shape index (κ1) is 9.41. The van der Waals surface area contributed by atoms with Gasteiger partial charge < -0.3 is 4.57 Å². The number of nitriles is 1. The maximum atomic E-state index is 8.62. The van der Waals surface area contributed by atoms with Crippen LogP contribution in [0.1, 0.15) is 11.4 Å². The molecule has 2 rings (SSSR count). The van der Waals surface area contributed by atoms with Gasteiger partial charge in [0, 0.05) is 31.2 Å². The predicted molar refractivity (Wildman–Crippen MR) is 54.9 cm³/mol. The van der Waals surface area contributed by atoms with Crippen molar-refractivity contribution in [2.24, 2.45) is 0 Å². The molecule has 0 amide bonds. The highest BCUT2D eigenvalue weighted by atomic mass is 15.1. The molecule has 0 fully saturated rings. The van der Waals surface area contributed by atoms with Crippen molar-refractivity contribution in [2.75, 3.05) is 0 Å². The van der Waals surface area contributed by atoms with E-state index in [1.807, 2.05) is 29.1 Å². The minimum Gasteiger partial charge on any atom is -0.321 e. The van der Waals surface area contributed by atoms with Crippen molar-refractivity contribution in [3.63, 3.8) is 0 Å². The zero-order valence-electron chi connectivity index (χ0n) is 8.17. The van der Waals surface area contributed by atoms with Crippen LogP contribution in [-0.2, 0) is 13.0 Å². The third-order valence-electron chi connectivity index (χ3n) is 2.13. The third-order valence-corrected chi connectivity index (χ3v) is 2.13. The van der Waals surface area contributed by atoms with E-state index in [2.05, 4.69) is 16.0 Å². The number of imidazole rings is 1. The van der Waals surface area contributed by atoms with Gasteiger partial charge in [-0.05, 0) is 11.6 Å². The first-order valence-corrected chi connectivity index (χ1v) is 4.66. The lowest BCUT2D eigenvalue weighted by Gasteiger charge is -2.02. The van der Waals surface area contributed by atoms with Gasteiger partial charge in [0.15, 0.2) is 0 Å². The van der Waals surface area contributed by atoms with E-state index in [0.29, 0.717) is 13.0 Å². The second-order valence-electron chi connectivity index (χ2n) is 3.17. The molecule has 0 spiro atoms. The maximum Gasteiger partial charge on any atom is 0.114 e. The topological polar surface area (TPSA) is 54.5 Å². The lowest BCUT2D eigenvalue weighted by molar-refractivity contribution is 0.764. The summed E-state index contributed by atoms with van der Waals surface area (Å²) in [7, 11) is 0. The third kappa shape index (κ3) is 2.20. The largest absolute Gasteiger partial charge is 0.321 e. The van der Waals surface area contributed by atoms with Crippen LogP contribution in [0.3, 0.4) is 0 Å². The molecule has 0 aliphatic rings. The Morgan fingerprint density at radius 3 is 3.07 bits per heavy atom. The van der Waals surface area contributed by atoms with E-state index in [-0.39, 0.29) is 0 Å². The molecule has 2 aromatic rings. The molecule has 0 N–H and O–H groups in total. The molecule has 0 radical (unpaired) electrons. The van der Waals surface area contributed by atoms with Crippen molar-refractivity contribution in [2.45, 2.75) is 13.0 Å². The fourth-order valence-electron chi connectivity index (χ4n) is 1.41. The van der Waals surface area contributed by atoms with Crippen LogP contribution >= 0.6 is 0 Å². The van der Waals surface area contributed by atoms with Crippen LogP contribution in [0, 0.1) is 11.3 Å². The highest BCUT2D eigenvalue weighted by Crippen LogP contribution is 2.06. The van der Waals surface area contributed by atoms with E-state index in [1.54, 1.807) is 12.4 Å². The van der Waals surface area contributed by atoms with E-state index in [4.69, 9.17) is 5.26 Å². The number of pyridine rings is 1. The summed E-state index contributed by atoms with van der Waals surface area (Å²) in [4.78, 5) is 8.25. The fraction of sp³-hybridized carbons (Fsp3) is 0.182. The van der Waals surface area contributed by atoms with Crippen LogP contribution < -0.4 is 0 Å². The minimum absolute atomic E-state index is 0.343. The lowest BCUT2D eigenvalue weighted by atomic mass is 10.2. The van der Waals surface area contributed by atoms with Crippen LogP contribution in [0.25, 0.3) is 0 Å². The van der Waals surface area contributed by atoms with Crippen molar-refractivity contribution in [1.29, 1.82) is 5.26 Å². The molecule has 0 aliphatic carbocycles. The smallest absolute Gasteiger partial charge is 0.114 e. The normalized spacial score (nSPS) is 9.80. The van der Waals surface area contributed by atoms with Crippen molar-refractivity contribution in [3.05, 3.63) is 48.3 Å². The Bertz CT molecular complexity index is 467.